The van der Waals surface area contributed by atoms with Crippen LogP contribution in [0.4, 0.5) is 0 Å². The molecule has 0 saturated carbocycles. The summed E-state index contributed by atoms with van der Waals surface area (Å²) in [6.45, 7) is 9.12. The first-order valence-electron chi connectivity index (χ1n) is 13.2. The molecule has 0 bridgehead atoms. The van der Waals surface area contributed by atoms with Gasteiger partial charge in [0.15, 0.2) is 0 Å². The van der Waals surface area contributed by atoms with Crippen molar-refractivity contribution in [3.8, 4) is 17.2 Å². The van der Waals surface area contributed by atoms with Crippen LogP contribution in [-0.4, -0.2) is 31.8 Å². The lowest BCUT2D eigenvalue weighted by molar-refractivity contribution is -0.139. The van der Waals surface area contributed by atoms with Crippen LogP contribution in [0.2, 0.25) is 0 Å². The van der Waals surface area contributed by atoms with Crippen molar-refractivity contribution in [1.29, 1.82) is 0 Å². The number of hydrogen-bond acceptors (Lipinski definition) is 6. The van der Waals surface area contributed by atoms with Crippen molar-refractivity contribution < 1.29 is 28.5 Å². The third-order valence-corrected chi connectivity index (χ3v) is 5.49. The number of rotatable bonds is 18. The van der Waals surface area contributed by atoms with E-state index in [1.54, 1.807) is 37.3 Å². The van der Waals surface area contributed by atoms with Crippen LogP contribution in [0.1, 0.15) is 70.8 Å². The Bertz CT molecular complexity index is 976. The van der Waals surface area contributed by atoms with Crippen molar-refractivity contribution in [2.24, 2.45) is 0 Å². The predicted molar refractivity (Wildman–Crippen MR) is 147 cm³/mol. The molecule has 2 rings (SSSR count). The molecule has 0 N–H and O–H groups in total. The summed E-state index contributed by atoms with van der Waals surface area (Å²) in [5, 5.41) is 0. The molecule has 0 atom stereocenters. The normalized spacial score (nSPS) is 10.8. The van der Waals surface area contributed by atoms with Gasteiger partial charge in [-0.25, -0.2) is 9.59 Å². The number of esters is 2. The van der Waals surface area contributed by atoms with Crippen LogP contribution in [0.25, 0.3) is 6.08 Å². The Morgan fingerprint density at radius 3 is 1.81 bits per heavy atom. The maximum absolute atomic E-state index is 12.2. The zero-order chi connectivity index (χ0) is 26.7. The van der Waals surface area contributed by atoms with E-state index in [-0.39, 0.29) is 5.97 Å². The molecule has 200 valence electrons. The highest BCUT2D eigenvalue weighted by molar-refractivity contribution is 5.88. The minimum atomic E-state index is -0.446. The molecule has 0 spiro atoms. The summed E-state index contributed by atoms with van der Waals surface area (Å²) < 4.78 is 21.9. The third kappa shape index (κ3) is 13.4. The van der Waals surface area contributed by atoms with Gasteiger partial charge in [0.05, 0.1) is 19.8 Å². The molecular weight excluding hydrogens is 468 g/mol. The molecule has 0 aliphatic rings. The van der Waals surface area contributed by atoms with Gasteiger partial charge in [0, 0.05) is 11.6 Å². The van der Waals surface area contributed by atoms with Crippen LogP contribution >= 0.6 is 0 Å². The summed E-state index contributed by atoms with van der Waals surface area (Å²) in [5.41, 5.74) is 1.32. The van der Waals surface area contributed by atoms with E-state index < -0.39 is 5.97 Å². The van der Waals surface area contributed by atoms with E-state index in [4.69, 9.17) is 18.9 Å². The topological polar surface area (TPSA) is 71.1 Å². The average Bonchev–Trinajstić information content (AvgIpc) is 2.90. The Balaban J connectivity index is 1.61. The Hall–Kier alpha value is -3.54. The van der Waals surface area contributed by atoms with Gasteiger partial charge in [-0.1, -0.05) is 44.9 Å². The molecule has 0 heterocycles. The van der Waals surface area contributed by atoms with Crippen molar-refractivity contribution >= 4 is 18.0 Å². The van der Waals surface area contributed by atoms with E-state index in [2.05, 4.69) is 13.5 Å². The van der Waals surface area contributed by atoms with E-state index in [0.29, 0.717) is 24.5 Å². The summed E-state index contributed by atoms with van der Waals surface area (Å²) in [7, 11) is 0. The van der Waals surface area contributed by atoms with Gasteiger partial charge in [-0.05, 0) is 87.1 Å². The number of unbranched alkanes of at least 4 members (excludes halogenated alkanes) is 6. The number of hydrogen-bond donors (Lipinski definition) is 0. The van der Waals surface area contributed by atoms with E-state index in [1.807, 2.05) is 24.3 Å². The summed E-state index contributed by atoms with van der Waals surface area (Å²) >= 11 is 0. The van der Waals surface area contributed by atoms with Gasteiger partial charge in [-0.15, -0.1) is 0 Å². The molecule has 0 aromatic heterocycles. The van der Waals surface area contributed by atoms with Gasteiger partial charge in [-0.3, -0.25) is 0 Å². The fraction of sp³-hybridized carbons (Fsp3) is 0.419. The molecule has 37 heavy (non-hydrogen) atoms. The van der Waals surface area contributed by atoms with Crippen LogP contribution in [0.15, 0.2) is 66.8 Å². The Morgan fingerprint density at radius 1 is 0.730 bits per heavy atom. The van der Waals surface area contributed by atoms with Crippen molar-refractivity contribution in [3.05, 3.63) is 72.3 Å². The molecule has 2 aromatic rings. The zero-order valence-electron chi connectivity index (χ0n) is 22.2. The van der Waals surface area contributed by atoms with Gasteiger partial charge in [-0.2, -0.15) is 0 Å². The molecule has 0 saturated heterocycles. The van der Waals surface area contributed by atoms with E-state index in [1.165, 1.54) is 25.3 Å². The first kappa shape index (κ1) is 29.7. The molecule has 0 unspecified atom stereocenters. The monoisotopic (exact) mass is 508 g/mol. The van der Waals surface area contributed by atoms with Gasteiger partial charge in [0.1, 0.15) is 17.2 Å². The van der Waals surface area contributed by atoms with Gasteiger partial charge < -0.3 is 18.9 Å². The second kappa shape index (κ2) is 17.8. The lowest BCUT2D eigenvalue weighted by Gasteiger charge is -2.08. The molecule has 0 radical (unpaired) electrons. The van der Waals surface area contributed by atoms with Crippen LogP contribution in [-0.2, 0) is 14.3 Å². The van der Waals surface area contributed by atoms with Crippen LogP contribution < -0.4 is 14.2 Å². The van der Waals surface area contributed by atoms with Gasteiger partial charge >= 0.3 is 11.9 Å². The maximum atomic E-state index is 12.2. The first-order valence-corrected chi connectivity index (χ1v) is 13.2. The number of ether oxygens (including phenoxy) is 4. The Labute approximate surface area is 221 Å². The molecule has 0 fully saturated rings. The highest BCUT2D eigenvalue weighted by Gasteiger charge is 2.03. The molecule has 0 aliphatic heterocycles. The smallest absolute Gasteiger partial charge is 0.336 e. The second-order valence-corrected chi connectivity index (χ2v) is 8.88. The number of carbonyl (C=O) groups is 2. The fourth-order valence-corrected chi connectivity index (χ4v) is 3.35. The molecule has 2 aromatic carbocycles. The lowest BCUT2D eigenvalue weighted by atomic mass is 10.2. The standard InChI is InChI=1S/C31H40O6/c1-4-5-6-9-22-34-27-15-12-26(13-16-27)14-21-30(32)37-29-19-17-28(18-20-29)35-23-10-7-8-11-24-36-31(33)25(2)3/h12-21H,2,4-11,22-24H2,1,3H3/b21-14+. The highest BCUT2D eigenvalue weighted by Crippen LogP contribution is 2.19. The van der Waals surface area contributed by atoms with Crippen molar-refractivity contribution in [3.63, 3.8) is 0 Å². The van der Waals surface area contributed by atoms with E-state index >= 15 is 0 Å². The summed E-state index contributed by atoms with van der Waals surface area (Å²) in [4.78, 5) is 23.4. The largest absolute Gasteiger partial charge is 0.494 e. The zero-order valence-corrected chi connectivity index (χ0v) is 22.2. The second-order valence-electron chi connectivity index (χ2n) is 8.88. The highest BCUT2D eigenvalue weighted by atomic mass is 16.5. The average molecular weight is 509 g/mol. The SMILES string of the molecule is C=C(C)C(=O)OCCCCCCOc1ccc(OC(=O)/C=C/c2ccc(OCCCCCC)cc2)cc1. The fourth-order valence-electron chi connectivity index (χ4n) is 3.35. The van der Waals surface area contributed by atoms with Crippen LogP contribution in [0.3, 0.4) is 0 Å². The first-order chi connectivity index (χ1) is 18.0. The quantitative estimate of drug-likeness (QED) is 0.0909. The number of benzene rings is 2. The summed E-state index contributed by atoms with van der Waals surface area (Å²) in [5.74, 6) is 1.23. The van der Waals surface area contributed by atoms with Crippen molar-refractivity contribution in [2.75, 3.05) is 19.8 Å². The molecule has 6 nitrogen and oxygen atoms in total. The van der Waals surface area contributed by atoms with E-state index in [0.717, 1.165) is 55.8 Å². The predicted octanol–water partition coefficient (Wildman–Crippen LogP) is 7.32. The minimum absolute atomic E-state index is 0.336. The van der Waals surface area contributed by atoms with Crippen LogP contribution in [0, 0.1) is 0 Å². The molecule has 6 heteroatoms. The third-order valence-electron chi connectivity index (χ3n) is 5.49. The molecule has 0 amide bonds. The minimum Gasteiger partial charge on any atom is -0.494 e. The number of carbonyl (C=O) groups excluding carboxylic acids is 2. The summed E-state index contributed by atoms with van der Waals surface area (Å²) in [6.07, 6.45) is 11.5. The van der Waals surface area contributed by atoms with Crippen molar-refractivity contribution in [1.82, 2.24) is 0 Å². The van der Waals surface area contributed by atoms with E-state index in [9.17, 15) is 9.59 Å². The Morgan fingerprint density at radius 2 is 1.24 bits per heavy atom. The lowest BCUT2D eigenvalue weighted by Crippen LogP contribution is -2.06. The summed E-state index contributed by atoms with van der Waals surface area (Å²) in [6, 6.07) is 14.6. The maximum Gasteiger partial charge on any atom is 0.336 e. The van der Waals surface area contributed by atoms with Gasteiger partial charge in [0.25, 0.3) is 0 Å². The molecular formula is C31H40O6. The van der Waals surface area contributed by atoms with Gasteiger partial charge in [0.2, 0.25) is 0 Å². The van der Waals surface area contributed by atoms with Crippen molar-refractivity contribution in [2.45, 2.75) is 65.2 Å². The van der Waals surface area contributed by atoms with Crippen LogP contribution in [0.5, 0.6) is 17.2 Å². The molecule has 0 aliphatic carbocycles. The Kier molecular flexibility index (Phi) is 14.3.